The number of hydrogen-bond acceptors (Lipinski definition) is 5. The fraction of sp³-hybridized carbons (Fsp3) is 0.727. The normalized spacial score (nSPS) is 19.7. The Morgan fingerprint density at radius 3 is 2.67 bits per heavy atom. The minimum absolute atomic E-state index is 0.301. The summed E-state index contributed by atoms with van der Waals surface area (Å²) >= 11 is 1.21. The molecule has 1 atom stereocenters. The highest BCUT2D eigenvalue weighted by molar-refractivity contribution is 7.93. The van der Waals surface area contributed by atoms with E-state index in [2.05, 4.69) is 9.71 Å². The van der Waals surface area contributed by atoms with Gasteiger partial charge in [-0.15, -0.1) is 11.3 Å². The lowest BCUT2D eigenvalue weighted by molar-refractivity contribution is 0.195. The first-order chi connectivity index (χ1) is 8.49. The molecule has 1 saturated carbocycles. The van der Waals surface area contributed by atoms with E-state index in [4.69, 9.17) is 0 Å². The zero-order valence-corrected chi connectivity index (χ0v) is 11.9. The molecule has 5 nitrogen and oxygen atoms in total. The van der Waals surface area contributed by atoms with Crippen molar-refractivity contribution in [1.82, 2.24) is 4.98 Å². The number of sulfonamides is 1. The van der Waals surface area contributed by atoms with E-state index in [1.165, 1.54) is 11.3 Å². The maximum absolute atomic E-state index is 12.1. The van der Waals surface area contributed by atoms with E-state index in [9.17, 15) is 13.5 Å². The van der Waals surface area contributed by atoms with E-state index in [0.29, 0.717) is 10.8 Å². The molecule has 7 heteroatoms. The molecule has 1 aliphatic rings. The van der Waals surface area contributed by atoms with Crippen LogP contribution in [0.3, 0.4) is 0 Å². The van der Waals surface area contributed by atoms with Crippen LogP contribution in [-0.2, 0) is 10.0 Å². The third-order valence-corrected chi connectivity index (χ3v) is 5.90. The molecule has 1 aromatic heterocycles. The van der Waals surface area contributed by atoms with Crippen molar-refractivity contribution in [3.05, 3.63) is 11.1 Å². The molecule has 0 amide bonds. The van der Waals surface area contributed by atoms with Crippen LogP contribution in [0.4, 0.5) is 5.13 Å². The molecule has 0 radical (unpaired) electrons. The first kappa shape index (κ1) is 13.8. The van der Waals surface area contributed by atoms with Gasteiger partial charge in [0.15, 0.2) is 5.13 Å². The zero-order chi connectivity index (χ0) is 13.2. The molecule has 0 bridgehead atoms. The van der Waals surface area contributed by atoms with Crippen LogP contribution in [0.15, 0.2) is 5.38 Å². The van der Waals surface area contributed by atoms with Gasteiger partial charge in [0.05, 0.1) is 17.0 Å². The van der Waals surface area contributed by atoms with Gasteiger partial charge in [-0.05, 0) is 19.8 Å². The Kier molecular flexibility index (Phi) is 4.24. The van der Waals surface area contributed by atoms with Crippen LogP contribution < -0.4 is 4.72 Å². The fourth-order valence-corrected chi connectivity index (χ4v) is 4.70. The van der Waals surface area contributed by atoms with Crippen LogP contribution >= 0.6 is 11.3 Å². The maximum atomic E-state index is 12.1. The summed E-state index contributed by atoms with van der Waals surface area (Å²) in [4.78, 5) is 4.07. The van der Waals surface area contributed by atoms with Gasteiger partial charge in [-0.25, -0.2) is 13.4 Å². The van der Waals surface area contributed by atoms with Gasteiger partial charge < -0.3 is 5.11 Å². The molecular formula is C11H18N2O3S2. The number of nitrogens with zero attached hydrogens (tertiary/aromatic N) is 1. The number of hydrogen-bond donors (Lipinski definition) is 2. The first-order valence-corrected chi connectivity index (χ1v) is 8.57. The van der Waals surface area contributed by atoms with E-state index < -0.39 is 16.1 Å². The second-order valence-corrected chi connectivity index (χ2v) is 7.48. The summed E-state index contributed by atoms with van der Waals surface area (Å²) in [5.41, 5.74) is 0.501. The molecule has 1 aromatic rings. The van der Waals surface area contributed by atoms with Gasteiger partial charge in [0, 0.05) is 5.38 Å². The predicted molar refractivity (Wildman–Crippen MR) is 72.2 cm³/mol. The molecule has 2 N–H and O–H groups in total. The van der Waals surface area contributed by atoms with Crippen LogP contribution in [0.5, 0.6) is 0 Å². The number of rotatable bonds is 4. The largest absolute Gasteiger partial charge is 0.387 e. The average Bonchev–Trinajstić information content (AvgIpc) is 2.78. The standard InChI is InChI=1S/C11H18N2O3S2/c1-8(14)10-7-17-11(12-10)13-18(15,16)9-5-3-2-4-6-9/h7-9,14H,2-6H2,1H3,(H,12,13). The summed E-state index contributed by atoms with van der Waals surface area (Å²) in [5, 5.41) is 11.1. The van der Waals surface area contributed by atoms with Gasteiger partial charge >= 0.3 is 0 Å². The number of aliphatic hydroxyl groups excluding tert-OH is 1. The highest BCUT2D eigenvalue weighted by Gasteiger charge is 2.28. The Morgan fingerprint density at radius 1 is 1.44 bits per heavy atom. The lowest BCUT2D eigenvalue weighted by atomic mass is 10.0. The van der Waals surface area contributed by atoms with Crippen molar-refractivity contribution in [2.75, 3.05) is 4.72 Å². The summed E-state index contributed by atoms with van der Waals surface area (Å²) in [7, 11) is -3.33. The lowest BCUT2D eigenvalue weighted by Crippen LogP contribution is -2.29. The molecular weight excluding hydrogens is 272 g/mol. The molecule has 0 aromatic carbocycles. The third-order valence-electron chi connectivity index (χ3n) is 3.17. The quantitative estimate of drug-likeness (QED) is 0.891. The monoisotopic (exact) mass is 290 g/mol. The fourth-order valence-electron chi connectivity index (χ4n) is 2.11. The number of thiazole rings is 1. The Bertz CT molecular complexity index is 490. The molecule has 0 spiro atoms. The molecule has 18 heavy (non-hydrogen) atoms. The highest BCUT2D eigenvalue weighted by Crippen LogP contribution is 2.27. The first-order valence-electron chi connectivity index (χ1n) is 6.14. The van der Waals surface area contributed by atoms with Crippen LogP contribution in [0.1, 0.15) is 50.8 Å². The zero-order valence-electron chi connectivity index (χ0n) is 10.3. The van der Waals surface area contributed by atoms with Gasteiger partial charge in [0.2, 0.25) is 10.0 Å². The van der Waals surface area contributed by atoms with Crippen molar-refractivity contribution in [2.24, 2.45) is 0 Å². The predicted octanol–water partition coefficient (Wildman–Crippen LogP) is 2.27. The SMILES string of the molecule is CC(O)c1csc(NS(=O)(=O)C2CCCCC2)n1. The van der Waals surface area contributed by atoms with Crippen molar-refractivity contribution in [3.8, 4) is 0 Å². The Labute approximate surface area is 111 Å². The van der Waals surface area contributed by atoms with E-state index >= 15 is 0 Å². The average molecular weight is 290 g/mol. The molecule has 1 unspecified atom stereocenters. The number of anilines is 1. The summed E-state index contributed by atoms with van der Waals surface area (Å²) in [6, 6.07) is 0. The minimum Gasteiger partial charge on any atom is -0.387 e. The van der Waals surface area contributed by atoms with Crippen molar-refractivity contribution >= 4 is 26.5 Å². The third kappa shape index (κ3) is 3.21. The highest BCUT2D eigenvalue weighted by atomic mass is 32.2. The maximum Gasteiger partial charge on any atom is 0.237 e. The van der Waals surface area contributed by atoms with Crippen molar-refractivity contribution < 1.29 is 13.5 Å². The van der Waals surface area contributed by atoms with Gasteiger partial charge in [-0.3, -0.25) is 4.72 Å². The van der Waals surface area contributed by atoms with E-state index in [0.717, 1.165) is 32.1 Å². The summed E-state index contributed by atoms with van der Waals surface area (Å²) in [6.45, 7) is 1.61. The van der Waals surface area contributed by atoms with Crippen LogP contribution in [0, 0.1) is 0 Å². The van der Waals surface area contributed by atoms with E-state index in [1.54, 1.807) is 12.3 Å². The molecule has 1 fully saturated rings. The molecule has 0 saturated heterocycles. The number of nitrogens with one attached hydrogen (secondary N) is 1. The van der Waals surface area contributed by atoms with Crippen LogP contribution in [-0.4, -0.2) is 23.8 Å². The van der Waals surface area contributed by atoms with E-state index in [-0.39, 0.29) is 5.25 Å². The van der Waals surface area contributed by atoms with Crippen LogP contribution in [0.2, 0.25) is 0 Å². The van der Waals surface area contributed by atoms with Gasteiger partial charge in [0.25, 0.3) is 0 Å². The summed E-state index contributed by atoms with van der Waals surface area (Å²) < 4.78 is 26.8. The molecule has 1 heterocycles. The van der Waals surface area contributed by atoms with Crippen molar-refractivity contribution in [1.29, 1.82) is 0 Å². The lowest BCUT2D eigenvalue weighted by Gasteiger charge is -2.21. The summed E-state index contributed by atoms with van der Waals surface area (Å²) in [5.74, 6) is 0. The second kappa shape index (κ2) is 5.54. The van der Waals surface area contributed by atoms with E-state index in [1.807, 2.05) is 0 Å². The molecule has 102 valence electrons. The van der Waals surface area contributed by atoms with Gasteiger partial charge in [-0.2, -0.15) is 0 Å². The Balaban J connectivity index is 2.06. The Morgan fingerprint density at radius 2 is 2.11 bits per heavy atom. The topological polar surface area (TPSA) is 79.3 Å². The van der Waals surface area contributed by atoms with Crippen LogP contribution in [0.25, 0.3) is 0 Å². The number of aromatic nitrogens is 1. The minimum atomic E-state index is -3.33. The molecule has 0 aliphatic heterocycles. The van der Waals surface area contributed by atoms with Crippen molar-refractivity contribution in [3.63, 3.8) is 0 Å². The Hall–Kier alpha value is -0.660. The second-order valence-electron chi connectivity index (χ2n) is 4.66. The molecule has 1 aliphatic carbocycles. The smallest absolute Gasteiger partial charge is 0.237 e. The van der Waals surface area contributed by atoms with Gasteiger partial charge in [0.1, 0.15) is 0 Å². The van der Waals surface area contributed by atoms with Crippen molar-refractivity contribution in [2.45, 2.75) is 50.4 Å². The van der Waals surface area contributed by atoms with Gasteiger partial charge in [-0.1, -0.05) is 19.3 Å². The summed E-state index contributed by atoms with van der Waals surface area (Å²) in [6.07, 6.45) is 3.85. The number of aliphatic hydroxyl groups is 1. The molecule has 2 rings (SSSR count).